The van der Waals surface area contributed by atoms with Crippen LogP contribution in [0.1, 0.15) is 25.5 Å². The third-order valence-electron chi connectivity index (χ3n) is 4.90. The Hall–Kier alpha value is -3.17. The van der Waals surface area contributed by atoms with E-state index in [1.165, 1.54) is 23.0 Å². The van der Waals surface area contributed by atoms with Crippen molar-refractivity contribution in [2.75, 3.05) is 18.0 Å². The van der Waals surface area contributed by atoms with Crippen LogP contribution >= 0.6 is 0 Å². The second-order valence-electron chi connectivity index (χ2n) is 7.07. The highest BCUT2D eigenvalue weighted by molar-refractivity contribution is 5.77. The molecule has 3 aromatic rings. The molecule has 0 radical (unpaired) electrons. The summed E-state index contributed by atoms with van der Waals surface area (Å²) in [6.45, 7) is 3.29. The van der Waals surface area contributed by atoms with Crippen molar-refractivity contribution >= 4 is 17.4 Å². The van der Waals surface area contributed by atoms with E-state index < -0.39 is 6.43 Å². The first-order valence-corrected chi connectivity index (χ1v) is 8.91. The van der Waals surface area contributed by atoms with Crippen LogP contribution in [-0.4, -0.2) is 43.3 Å². The normalized spacial score (nSPS) is 20.1. The summed E-state index contributed by atoms with van der Waals surface area (Å²) in [6.07, 6.45) is 3.72. The summed E-state index contributed by atoms with van der Waals surface area (Å²) < 4.78 is 27.5. The Morgan fingerprint density at radius 2 is 2.07 bits per heavy atom. The number of alkyl halides is 2. The van der Waals surface area contributed by atoms with Crippen LogP contribution in [-0.2, 0) is 4.79 Å². The second-order valence-corrected chi connectivity index (χ2v) is 7.07. The van der Waals surface area contributed by atoms with Crippen LogP contribution in [0.25, 0.3) is 17.2 Å². The van der Waals surface area contributed by atoms with Gasteiger partial charge in [-0.2, -0.15) is 0 Å². The first kappa shape index (κ1) is 18.2. The number of piperidine rings is 1. The SMILES string of the molecule is CC1CC(C(N)=O)CN(c2ccnc(-c3cnc4cnc(C(F)F)cn34)n2)C1. The molecule has 0 spiro atoms. The van der Waals surface area contributed by atoms with Crippen LogP contribution in [0.4, 0.5) is 14.6 Å². The molecule has 1 aliphatic heterocycles. The Labute approximate surface area is 159 Å². The monoisotopic (exact) mass is 387 g/mol. The third kappa shape index (κ3) is 3.37. The first-order chi connectivity index (χ1) is 13.4. The molecule has 1 aliphatic rings. The maximum atomic E-state index is 13.0. The van der Waals surface area contributed by atoms with Crippen molar-refractivity contribution < 1.29 is 13.6 Å². The minimum Gasteiger partial charge on any atom is -0.369 e. The van der Waals surface area contributed by atoms with E-state index in [-0.39, 0.29) is 17.5 Å². The molecule has 0 saturated carbocycles. The number of primary amides is 1. The molecule has 4 heterocycles. The van der Waals surface area contributed by atoms with E-state index in [2.05, 4.69) is 26.9 Å². The Morgan fingerprint density at radius 3 is 2.82 bits per heavy atom. The molecule has 1 fully saturated rings. The van der Waals surface area contributed by atoms with Gasteiger partial charge in [0.05, 0.1) is 18.3 Å². The van der Waals surface area contributed by atoms with Gasteiger partial charge in [-0.1, -0.05) is 6.92 Å². The molecule has 2 atom stereocenters. The summed E-state index contributed by atoms with van der Waals surface area (Å²) in [5.74, 6) is 0.739. The highest BCUT2D eigenvalue weighted by atomic mass is 19.3. The van der Waals surface area contributed by atoms with E-state index in [9.17, 15) is 13.6 Å². The zero-order valence-electron chi connectivity index (χ0n) is 15.2. The number of amides is 1. The van der Waals surface area contributed by atoms with Gasteiger partial charge < -0.3 is 10.6 Å². The quantitative estimate of drug-likeness (QED) is 0.735. The van der Waals surface area contributed by atoms with E-state index in [0.717, 1.165) is 13.0 Å². The Kier molecular flexibility index (Phi) is 4.62. The highest BCUT2D eigenvalue weighted by Crippen LogP contribution is 2.27. The summed E-state index contributed by atoms with van der Waals surface area (Å²) in [5, 5.41) is 0. The van der Waals surface area contributed by atoms with Crippen LogP contribution in [0.2, 0.25) is 0 Å². The molecule has 8 nitrogen and oxygen atoms in total. The van der Waals surface area contributed by atoms with Crippen molar-refractivity contribution in [3.63, 3.8) is 0 Å². The summed E-state index contributed by atoms with van der Waals surface area (Å²) in [6, 6.07) is 1.76. The fourth-order valence-corrected chi connectivity index (χ4v) is 3.58. The Bertz CT molecular complexity index is 1020. The second kappa shape index (κ2) is 7.10. The standard InChI is InChI=1S/C18H19F2N7O/c1-10-4-11(17(21)28)8-26(7-10)14-2-3-22-18(25-14)13-5-24-15-6-23-12(16(19)20)9-27(13)15/h2-3,5-6,9-11,16H,4,7-8H2,1H3,(H2,21,28). The van der Waals surface area contributed by atoms with Gasteiger partial charge in [0.15, 0.2) is 11.5 Å². The number of anilines is 1. The van der Waals surface area contributed by atoms with E-state index in [4.69, 9.17) is 5.73 Å². The average molecular weight is 387 g/mol. The van der Waals surface area contributed by atoms with Gasteiger partial charge >= 0.3 is 0 Å². The Balaban J connectivity index is 1.70. The summed E-state index contributed by atoms with van der Waals surface area (Å²) in [4.78, 5) is 30.4. The molecule has 1 saturated heterocycles. The number of hydrogen-bond acceptors (Lipinski definition) is 6. The van der Waals surface area contributed by atoms with E-state index in [1.54, 1.807) is 12.3 Å². The van der Waals surface area contributed by atoms with Gasteiger partial charge in [-0.15, -0.1) is 0 Å². The number of nitrogens with two attached hydrogens (primary N) is 1. The molecule has 2 N–H and O–H groups in total. The summed E-state index contributed by atoms with van der Waals surface area (Å²) in [5.41, 5.74) is 6.06. The van der Waals surface area contributed by atoms with Gasteiger partial charge in [0.25, 0.3) is 6.43 Å². The third-order valence-corrected chi connectivity index (χ3v) is 4.90. The zero-order chi connectivity index (χ0) is 19.8. The largest absolute Gasteiger partial charge is 0.369 e. The lowest BCUT2D eigenvalue weighted by molar-refractivity contribution is -0.122. The van der Waals surface area contributed by atoms with Gasteiger partial charge in [0, 0.05) is 25.5 Å². The number of halogens is 2. The molecule has 1 amide bonds. The topological polar surface area (TPSA) is 102 Å². The number of imidazole rings is 1. The number of nitrogens with zero attached hydrogens (tertiary/aromatic N) is 6. The van der Waals surface area contributed by atoms with Gasteiger partial charge in [-0.05, 0) is 18.4 Å². The van der Waals surface area contributed by atoms with E-state index in [0.29, 0.717) is 35.4 Å². The van der Waals surface area contributed by atoms with E-state index in [1.807, 2.05) is 4.90 Å². The summed E-state index contributed by atoms with van der Waals surface area (Å²) >= 11 is 0. The number of rotatable bonds is 4. The maximum Gasteiger partial charge on any atom is 0.281 e. The maximum absolute atomic E-state index is 13.0. The molecular weight excluding hydrogens is 368 g/mol. The molecule has 146 valence electrons. The molecule has 0 aromatic carbocycles. The number of hydrogen-bond donors (Lipinski definition) is 1. The van der Waals surface area contributed by atoms with Crippen molar-refractivity contribution in [3.05, 3.63) is 36.5 Å². The van der Waals surface area contributed by atoms with Gasteiger partial charge in [-0.25, -0.2) is 28.7 Å². The number of carbonyl (C=O) groups is 1. The van der Waals surface area contributed by atoms with Crippen LogP contribution in [0.15, 0.2) is 30.9 Å². The van der Waals surface area contributed by atoms with Gasteiger partial charge in [-0.3, -0.25) is 9.20 Å². The molecule has 2 unspecified atom stereocenters. The molecule has 3 aromatic heterocycles. The first-order valence-electron chi connectivity index (χ1n) is 8.91. The van der Waals surface area contributed by atoms with Crippen LogP contribution in [0.5, 0.6) is 0 Å². The average Bonchev–Trinajstić information content (AvgIpc) is 3.10. The highest BCUT2D eigenvalue weighted by Gasteiger charge is 2.29. The number of carbonyl (C=O) groups excluding carboxylic acids is 1. The lowest BCUT2D eigenvalue weighted by atomic mass is 9.90. The molecular formula is C18H19F2N7O. The van der Waals surface area contributed by atoms with Crippen molar-refractivity contribution in [2.24, 2.45) is 17.6 Å². The van der Waals surface area contributed by atoms with Crippen molar-refractivity contribution in [1.29, 1.82) is 0 Å². The summed E-state index contributed by atoms with van der Waals surface area (Å²) in [7, 11) is 0. The van der Waals surface area contributed by atoms with Crippen molar-refractivity contribution in [1.82, 2.24) is 24.3 Å². The zero-order valence-corrected chi connectivity index (χ0v) is 15.2. The predicted molar refractivity (Wildman–Crippen MR) is 97.6 cm³/mol. The minimum absolute atomic E-state index is 0.238. The molecule has 0 aliphatic carbocycles. The minimum atomic E-state index is -2.69. The van der Waals surface area contributed by atoms with Gasteiger partial charge in [0.1, 0.15) is 17.2 Å². The van der Waals surface area contributed by atoms with E-state index >= 15 is 0 Å². The molecule has 28 heavy (non-hydrogen) atoms. The number of aromatic nitrogens is 5. The molecule has 0 bridgehead atoms. The molecule has 4 rings (SSSR count). The van der Waals surface area contributed by atoms with Crippen molar-refractivity contribution in [3.8, 4) is 11.5 Å². The smallest absolute Gasteiger partial charge is 0.281 e. The predicted octanol–water partition coefficient (Wildman–Crippen LogP) is 2.07. The van der Waals surface area contributed by atoms with Crippen LogP contribution < -0.4 is 10.6 Å². The molecule has 10 heteroatoms. The van der Waals surface area contributed by atoms with Crippen LogP contribution in [0.3, 0.4) is 0 Å². The fourth-order valence-electron chi connectivity index (χ4n) is 3.58. The fraction of sp³-hybridized carbons (Fsp3) is 0.389. The Morgan fingerprint density at radius 1 is 1.25 bits per heavy atom. The van der Waals surface area contributed by atoms with Crippen molar-refractivity contribution in [2.45, 2.75) is 19.8 Å². The lowest BCUT2D eigenvalue weighted by Crippen LogP contribution is -2.44. The van der Waals surface area contributed by atoms with Crippen LogP contribution in [0, 0.1) is 11.8 Å². The lowest BCUT2D eigenvalue weighted by Gasteiger charge is -2.35. The van der Waals surface area contributed by atoms with Gasteiger partial charge in [0.2, 0.25) is 5.91 Å². The number of fused-ring (bicyclic) bond motifs is 1.